The number of nitrogens with zero attached hydrogens (tertiary/aromatic N) is 1. The van der Waals surface area contributed by atoms with Crippen molar-refractivity contribution in [1.82, 2.24) is 4.90 Å². The zero-order valence-electron chi connectivity index (χ0n) is 19.7. The molecule has 2 saturated carbocycles. The Labute approximate surface area is 205 Å². The minimum atomic E-state index is -2.68. The Balaban J connectivity index is 1.65. The van der Waals surface area contributed by atoms with Crippen LogP contribution in [0.15, 0.2) is 29.0 Å². The summed E-state index contributed by atoms with van der Waals surface area (Å²) in [6.45, 7) is 0. The van der Waals surface area contributed by atoms with Crippen molar-refractivity contribution in [2.24, 2.45) is 23.5 Å². The van der Waals surface area contributed by atoms with Crippen LogP contribution in [0.4, 0.5) is 5.69 Å². The highest BCUT2D eigenvalue weighted by atomic mass is 16.3. The largest absolute Gasteiger partial charge is 0.508 e. The van der Waals surface area contributed by atoms with Gasteiger partial charge in [0.2, 0.25) is 11.7 Å². The van der Waals surface area contributed by atoms with E-state index >= 15 is 0 Å². The number of rotatable bonds is 4. The lowest BCUT2D eigenvalue weighted by Crippen LogP contribution is -2.65. The normalized spacial score (nSPS) is 29.6. The Bertz CT molecular complexity index is 1310. The summed E-state index contributed by atoms with van der Waals surface area (Å²) in [5.74, 6) is -7.45. The van der Waals surface area contributed by atoms with E-state index in [1.54, 1.807) is 20.2 Å². The average Bonchev–Trinajstić information content (AvgIpc) is 3.63. The molecule has 2 amide bonds. The number of Topliss-reactive ketones (excluding diaryl/α,β-unsaturated/α-hetero) is 2. The second-order valence-electron chi connectivity index (χ2n) is 10.2. The van der Waals surface area contributed by atoms with E-state index < -0.39 is 63.8 Å². The standard InChI is InChI=1S/C25H27N3O8/c1-28(2)17-12-8-11-7-10-5-6-13(27-24(35)9-3-4-9)18(29)14(10)19(30)15(11)21(32)25(12,36)22(33)16(20(17)31)23(26)34/h5-6,9,11-12,17,29-30,33,36H,3-4,7-8H2,1-2H3,(H2,26,34)(H,27,35). The maximum absolute atomic E-state index is 13.8. The van der Waals surface area contributed by atoms with Gasteiger partial charge in [0.1, 0.15) is 22.8 Å². The molecule has 4 aliphatic rings. The topological polar surface area (TPSA) is 190 Å². The molecule has 1 aromatic rings. The van der Waals surface area contributed by atoms with Crippen LogP contribution in [0, 0.1) is 17.8 Å². The number of nitrogens with two attached hydrogens (primary N) is 1. The van der Waals surface area contributed by atoms with Crippen molar-refractivity contribution in [2.45, 2.75) is 37.3 Å². The number of fused-ring (bicyclic) bond motifs is 3. The highest BCUT2D eigenvalue weighted by Crippen LogP contribution is 2.53. The van der Waals surface area contributed by atoms with Gasteiger partial charge in [0.15, 0.2) is 11.4 Å². The number of ketones is 2. The van der Waals surface area contributed by atoms with Gasteiger partial charge in [-0.05, 0) is 57.3 Å². The summed E-state index contributed by atoms with van der Waals surface area (Å²) in [7, 11) is 3.09. The van der Waals surface area contributed by atoms with Gasteiger partial charge in [-0.15, -0.1) is 0 Å². The van der Waals surface area contributed by atoms with E-state index in [-0.39, 0.29) is 41.5 Å². The van der Waals surface area contributed by atoms with Crippen LogP contribution in [0.3, 0.4) is 0 Å². The summed E-state index contributed by atoms with van der Waals surface area (Å²) >= 11 is 0. The summed E-state index contributed by atoms with van der Waals surface area (Å²) in [5.41, 5.74) is 2.08. The van der Waals surface area contributed by atoms with Crippen molar-refractivity contribution < 1.29 is 39.6 Å². The Hall–Kier alpha value is -3.70. The van der Waals surface area contributed by atoms with Crippen molar-refractivity contribution in [1.29, 1.82) is 0 Å². The van der Waals surface area contributed by atoms with Gasteiger partial charge in [0, 0.05) is 17.4 Å². The molecule has 11 heteroatoms. The molecule has 5 rings (SSSR count). The highest BCUT2D eigenvalue weighted by molar-refractivity contribution is 6.24. The number of hydrogen-bond acceptors (Lipinski definition) is 9. The number of phenolic OH excluding ortho intramolecular Hbond substituents is 1. The second kappa shape index (κ2) is 7.90. The Morgan fingerprint density at radius 2 is 1.81 bits per heavy atom. The predicted octanol–water partition coefficient (Wildman–Crippen LogP) is 0.313. The lowest BCUT2D eigenvalue weighted by molar-refractivity contribution is -0.153. The third-order valence-corrected chi connectivity index (χ3v) is 7.80. The molecule has 0 radical (unpaired) electrons. The van der Waals surface area contributed by atoms with Gasteiger partial charge in [-0.1, -0.05) is 6.07 Å². The zero-order chi connectivity index (χ0) is 26.3. The Morgan fingerprint density at radius 1 is 1.14 bits per heavy atom. The van der Waals surface area contributed by atoms with Crippen LogP contribution >= 0.6 is 0 Å². The van der Waals surface area contributed by atoms with Crippen LogP contribution in [-0.2, 0) is 25.6 Å². The van der Waals surface area contributed by atoms with E-state index in [4.69, 9.17) is 5.73 Å². The minimum absolute atomic E-state index is 0.0205. The first kappa shape index (κ1) is 24.0. The fourth-order valence-corrected chi connectivity index (χ4v) is 5.90. The van der Waals surface area contributed by atoms with Gasteiger partial charge >= 0.3 is 0 Å². The summed E-state index contributed by atoms with van der Waals surface area (Å²) in [4.78, 5) is 52.5. The fraction of sp³-hybridized carbons (Fsp3) is 0.440. The van der Waals surface area contributed by atoms with Crippen molar-refractivity contribution in [3.63, 3.8) is 0 Å². The summed E-state index contributed by atoms with van der Waals surface area (Å²) in [6.07, 6.45) is 1.72. The number of aromatic hydroxyl groups is 1. The lowest BCUT2D eigenvalue weighted by Gasteiger charge is -2.50. The van der Waals surface area contributed by atoms with Crippen molar-refractivity contribution in [3.05, 3.63) is 40.2 Å². The number of nitrogens with one attached hydrogen (secondary N) is 1. The first-order chi connectivity index (χ1) is 16.9. The lowest BCUT2D eigenvalue weighted by atomic mass is 9.57. The molecule has 0 aromatic heterocycles. The number of carbonyl (C=O) groups is 4. The van der Waals surface area contributed by atoms with E-state index in [0.717, 1.165) is 12.8 Å². The molecule has 4 unspecified atom stereocenters. The molecule has 36 heavy (non-hydrogen) atoms. The maximum Gasteiger partial charge on any atom is 0.255 e. The van der Waals surface area contributed by atoms with E-state index in [0.29, 0.717) is 5.56 Å². The van der Waals surface area contributed by atoms with Crippen molar-refractivity contribution in [3.8, 4) is 5.75 Å². The summed E-state index contributed by atoms with van der Waals surface area (Å²) < 4.78 is 0. The number of anilines is 1. The van der Waals surface area contributed by atoms with Gasteiger partial charge in [-0.3, -0.25) is 24.1 Å². The molecule has 7 N–H and O–H groups in total. The average molecular weight is 498 g/mol. The molecule has 0 heterocycles. The zero-order valence-corrected chi connectivity index (χ0v) is 19.7. The van der Waals surface area contributed by atoms with Gasteiger partial charge in [-0.25, -0.2) is 0 Å². The van der Waals surface area contributed by atoms with Crippen LogP contribution < -0.4 is 11.1 Å². The quantitative estimate of drug-likeness (QED) is 0.251. The number of likely N-dealkylation sites (N-methyl/N-ethyl adjacent to an activating group) is 1. The van der Waals surface area contributed by atoms with Crippen LogP contribution in [-0.4, -0.2) is 74.4 Å². The minimum Gasteiger partial charge on any atom is -0.508 e. The van der Waals surface area contributed by atoms with Crippen molar-refractivity contribution >= 4 is 34.8 Å². The number of benzene rings is 1. The monoisotopic (exact) mass is 497 g/mol. The van der Waals surface area contributed by atoms with Crippen LogP contribution in [0.25, 0.3) is 5.76 Å². The first-order valence-corrected chi connectivity index (χ1v) is 11.7. The maximum atomic E-state index is 13.8. The Morgan fingerprint density at radius 3 is 2.39 bits per heavy atom. The molecule has 4 aliphatic carbocycles. The third kappa shape index (κ3) is 3.19. The molecule has 0 bridgehead atoms. The number of aliphatic hydroxyl groups excluding tert-OH is 2. The van der Waals surface area contributed by atoms with E-state index in [2.05, 4.69) is 5.32 Å². The van der Waals surface area contributed by atoms with Crippen LogP contribution in [0.5, 0.6) is 5.75 Å². The Kier molecular flexibility index (Phi) is 5.27. The number of amides is 2. The fourth-order valence-electron chi connectivity index (χ4n) is 5.90. The molecule has 4 atom stereocenters. The molecule has 0 saturated heterocycles. The van der Waals surface area contributed by atoms with E-state index in [9.17, 15) is 39.6 Å². The first-order valence-electron chi connectivity index (χ1n) is 11.7. The number of aliphatic hydroxyl groups is 3. The number of carbonyl (C=O) groups excluding carboxylic acids is 4. The number of primary amides is 1. The van der Waals surface area contributed by atoms with Crippen LogP contribution in [0.1, 0.15) is 30.4 Å². The molecule has 0 aliphatic heterocycles. The van der Waals surface area contributed by atoms with E-state index in [1.165, 1.54) is 11.0 Å². The second-order valence-corrected chi connectivity index (χ2v) is 10.2. The molecular formula is C25H27N3O8. The molecular weight excluding hydrogens is 470 g/mol. The molecule has 190 valence electrons. The van der Waals surface area contributed by atoms with Crippen molar-refractivity contribution in [2.75, 3.05) is 19.4 Å². The number of phenols is 1. The van der Waals surface area contributed by atoms with Crippen LogP contribution in [0.2, 0.25) is 0 Å². The van der Waals surface area contributed by atoms with Gasteiger partial charge in [0.05, 0.1) is 17.3 Å². The summed E-state index contributed by atoms with van der Waals surface area (Å²) in [5, 5.41) is 47.1. The molecule has 2 fully saturated rings. The highest BCUT2D eigenvalue weighted by Gasteiger charge is 2.64. The SMILES string of the molecule is CN(C)C1C(=O)C(C(N)=O)=C(O)C2(O)C(=O)C3=C(O)c4c(ccc(NC(=O)C5CC5)c4O)CC3CC12. The smallest absolute Gasteiger partial charge is 0.255 e. The van der Waals surface area contributed by atoms with Gasteiger partial charge in [0.25, 0.3) is 5.91 Å². The number of hydrogen-bond donors (Lipinski definition) is 6. The molecule has 1 aromatic carbocycles. The van der Waals surface area contributed by atoms with E-state index in [1.807, 2.05) is 0 Å². The third-order valence-electron chi connectivity index (χ3n) is 7.80. The molecule has 0 spiro atoms. The van der Waals surface area contributed by atoms with Gasteiger partial charge < -0.3 is 31.5 Å². The molecule has 11 nitrogen and oxygen atoms in total. The van der Waals surface area contributed by atoms with Gasteiger partial charge in [-0.2, -0.15) is 0 Å². The predicted molar refractivity (Wildman–Crippen MR) is 126 cm³/mol. The summed E-state index contributed by atoms with van der Waals surface area (Å²) in [6, 6.07) is 2.03.